The second kappa shape index (κ2) is 8.70. The molecule has 0 atom stereocenters. The summed E-state index contributed by atoms with van der Waals surface area (Å²) in [4.78, 5) is 15.7. The number of anilines is 1. The molecule has 1 aliphatic heterocycles. The van der Waals surface area contributed by atoms with Gasteiger partial charge in [0.25, 0.3) is 0 Å². The zero-order chi connectivity index (χ0) is 24.0. The molecule has 0 saturated heterocycles. The number of thiophene rings is 1. The number of benzene rings is 2. The van der Waals surface area contributed by atoms with E-state index >= 15 is 0 Å². The van der Waals surface area contributed by atoms with Crippen molar-refractivity contribution >= 4 is 55.0 Å². The number of carboxylic acid groups (broad SMARTS) is 1. The zero-order valence-electron chi connectivity index (χ0n) is 17.3. The maximum absolute atomic E-state index is 14.8. The Balaban J connectivity index is 1.84. The van der Waals surface area contributed by atoms with Gasteiger partial charge in [-0.25, -0.2) is 14.2 Å². The second-order valence-corrected chi connectivity index (χ2v) is 8.80. The molecule has 0 spiro atoms. The number of rotatable bonds is 5. The molecule has 3 heterocycles. The minimum atomic E-state index is -1.36. The van der Waals surface area contributed by atoms with E-state index in [1.54, 1.807) is 6.07 Å². The number of hydrogen-bond donors (Lipinski definition) is 3. The van der Waals surface area contributed by atoms with Crippen molar-refractivity contribution in [1.29, 1.82) is 5.26 Å². The van der Waals surface area contributed by atoms with Gasteiger partial charge >= 0.3 is 6.09 Å². The van der Waals surface area contributed by atoms with Crippen molar-refractivity contribution in [1.82, 2.24) is 4.98 Å². The fraction of sp³-hybridized carbons (Fsp3) is 0.174. The number of nitriles is 1. The zero-order valence-corrected chi connectivity index (χ0v) is 18.9. The highest BCUT2D eigenvalue weighted by Crippen LogP contribution is 2.48. The highest BCUT2D eigenvalue weighted by molar-refractivity contribution is 7.23. The molecule has 8 nitrogen and oxygen atoms in total. The molecule has 34 heavy (non-hydrogen) atoms. The third-order valence-electron chi connectivity index (χ3n) is 5.51. The van der Waals surface area contributed by atoms with Gasteiger partial charge in [-0.05, 0) is 28.8 Å². The number of pyridine rings is 1. The Hall–Kier alpha value is -3.49. The summed E-state index contributed by atoms with van der Waals surface area (Å²) in [6.45, 7) is 0.467. The molecule has 3 N–H and O–H groups in total. The van der Waals surface area contributed by atoms with E-state index in [-0.39, 0.29) is 51.4 Å². The van der Waals surface area contributed by atoms with Crippen LogP contribution in [0.15, 0.2) is 24.3 Å². The minimum Gasteiger partial charge on any atom is -0.475 e. The summed E-state index contributed by atoms with van der Waals surface area (Å²) in [5, 5.41) is 31.6. The van der Waals surface area contributed by atoms with Crippen LogP contribution in [0.3, 0.4) is 0 Å². The summed E-state index contributed by atoms with van der Waals surface area (Å²) in [5.74, 6) is -0.306. The van der Waals surface area contributed by atoms with E-state index in [2.05, 4.69) is 10.3 Å². The molecular formula is C23H15ClFN3O5S. The number of fused-ring (bicyclic) bond motifs is 4. The van der Waals surface area contributed by atoms with Crippen molar-refractivity contribution in [3.8, 4) is 23.1 Å². The number of aromatic nitrogens is 1. The first-order valence-corrected chi connectivity index (χ1v) is 11.2. The predicted molar refractivity (Wildman–Crippen MR) is 125 cm³/mol. The molecule has 2 aromatic carbocycles. The largest absolute Gasteiger partial charge is 0.475 e. The van der Waals surface area contributed by atoms with Crippen molar-refractivity contribution < 1.29 is 28.9 Å². The maximum Gasteiger partial charge on any atom is 0.409 e. The fourth-order valence-corrected chi connectivity index (χ4v) is 5.61. The van der Waals surface area contributed by atoms with Crippen LogP contribution >= 0.6 is 22.9 Å². The van der Waals surface area contributed by atoms with Crippen molar-refractivity contribution in [2.24, 2.45) is 0 Å². The molecule has 1 aliphatic rings. The van der Waals surface area contributed by atoms with Crippen LogP contribution in [0.4, 0.5) is 14.2 Å². The van der Waals surface area contributed by atoms with Crippen molar-refractivity contribution in [2.45, 2.75) is 13.2 Å². The van der Waals surface area contributed by atoms with Gasteiger partial charge in [0.2, 0.25) is 5.88 Å². The predicted octanol–water partition coefficient (Wildman–Crippen LogP) is 5.27. The molecule has 1 amide bonds. The Kier molecular flexibility index (Phi) is 5.71. The van der Waals surface area contributed by atoms with Crippen LogP contribution in [0, 0.1) is 17.1 Å². The van der Waals surface area contributed by atoms with Gasteiger partial charge < -0.3 is 19.7 Å². The molecule has 0 bridgehead atoms. The highest BCUT2D eigenvalue weighted by Gasteiger charge is 2.28. The van der Waals surface area contributed by atoms with E-state index in [1.165, 1.54) is 12.1 Å². The van der Waals surface area contributed by atoms with Crippen LogP contribution in [0.25, 0.3) is 32.1 Å². The second-order valence-electron chi connectivity index (χ2n) is 7.40. The Morgan fingerprint density at radius 1 is 1.32 bits per heavy atom. The van der Waals surface area contributed by atoms with Crippen LogP contribution in [-0.4, -0.2) is 34.5 Å². The van der Waals surface area contributed by atoms with E-state index in [1.807, 2.05) is 12.1 Å². The average Bonchev–Trinajstić information content (AvgIpc) is 3.44. The lowest BCUT2D eigenvalue weighted by atomic mass is 9.91. The molecule has 5 rings (SSSR count). The van der Waals surface area contributed by atoms with Gasteiger partial charge in [0, 0.05) is 22.4 Å². The lowest BCUT2D eigenvalue weighted by Crippen LogP contribution is -2.06. The molecule has 4 aromatic rings. The number of ether oxygens (including phenoxy) is 2. The van der Waals surface area contributed by atoms with Crippen molar-refractivity contribution in [3.63, 3.8) is 0 Å². The van der Waals surface area contributed by atoms with Crippen LogP contribution in [-0.2, 0) is 18.0 Å². The Labute approximate surface area is 200 Å². The first kappa shape index (κ1) is 22.3. The number of hydrogen-bond acceptors (Lipinski definition) is 7. The lowest BCUT2D eigenvalue weighted by Gasteiger charge is -2.16. The first-order chi connectivity index (χ1) is 16.4. The van der Waals surface area contributed by atoms with Crippen LogP contribution in [0.1, 0.15) is 16.7 Å². The third kappa shape index (κ3) is 3.50. The van der Waals surface area contributed by atoms with Gasteiger partial charge in [-0.3, -0.25) is 5.32 Å². The Morgan fingerprint density at radius 2 is 2.12 bits per heavy atom. The Bertz CT molecular complexity index is 1530. The minimum absolute atomic E-state index is 0.00807. The molecule has 0 fully saturated rings. The fourth-order valence-electron chi connectivity index (χ4n) is 4.18. The summed E-state index contributed by atoms with van der Waals surface area (Å²) in [6, 6.07) is 8.28. The van der Waals surface area contributed by atoms with Gasteiger partial charge in [0.05, 0.1) is 40.6 Å². The summed E-state index contributed by atoms with van der Waals surface area (Å²) in [7, 11) is 0. The number of nitrogens with one attached hydrogen (secondary N) is 1. The summed E-state index contributed by atoms with van der Waals surface area (Å²) in [5.41, 5.74) is 3.11. The maximum atomic E-state index is 14.8. The Morgan fingerprint density at radius 3 is 2.85 bits per heavy atom. The number of carbonyl (C=O) groups is 1. The molecule has 0 saturated carbocycles. The lowest BCUT2D eigenvalue weighted by molar-refractivity contribution is 0.135. The van der Waals surface area contributed by atoms with Crippen LogP contribution in [0.2, 0.25) is 5.02 Å². The molecule has 0 unspecified atom stereocenters. The first-order valence-electron chi connectivity index (χ1n) is 10.0. The van der Waals surface area contributed by atoms with Gasteiger partial charge in [-0.15, -0.1) is 11.3 Å². The van der Waals surface area contributed by atoms with E-state index in [0.717, 1.165) is 27.8 Å². The quantitative estimate of drug-likeness (QED) is 0.341. The number of aliphatic hydroxyl groups excluding tert-OH is 1. The number of aliphatic hydroxyl groups is 1. The molecule has 11 heteroatoms. The number of amides is 1. The van der Waals surface area contributed by atoms with Crippen molar-refractivity contribution in [2.75, 3.05) is 18.5 Å². The number of nitrogens with zero attached hydrogens (tertiary/aromatic N) is 2. The normalized spacial score (nSPS) is 12.6. The summed E-state index contributed by atoms with van der Waals surface area (Å²) >= 11 is 7.73. The van der Waals surface area contributed by atoms with E-state index in [4.69, 9.17) is 31.3 Å². The molecule has 172 valence electrons. The topological polar surface area (TPSA) is 125 Å². The molecule has 0 aliphatic carbocycles. The van der Waals surface area contributed by atoms with Crippen molar-refractivity contribution in [3.05, 3.63) is 51.8 Å². The number of halogens is 2. The standard InChI is InChI=1S/C23H15ClFN3O5S/c24-19-17(11-1-3-15(25)21-18(11)12(7-26)22(34-21)28-23(30)31)14-9-32-8-13(14)10-2-4-16(27-20(10)19)33-6-5-29/h1-4,28-29H,5-6,8-9H2,(H,30,31). The average molecular weight is 500 g/mol. The van der Waals surface area contributed by atoms with Gasteiger partial charge in [-0.1, -0.05) is 17.7 Å². The van der Waals surface area contributed by atoms with E-state index in [0.29, 0.717) is 23.3 Å². The van der Waals surface area contributed by atoms with E-state index < -0.39 is 11.9 Å². The molecule has 2 aromatic heterocycles. The van der Waals surface area contributed by atoms with Crippen LogP contribution < -0.4 is 10.1 Å². The van der Waals surface area contributed by atoms with E-state index in [9.17, 15) is 14.4 Å². The SMILES string of the molecule is N#Cc1c(NC(=O)O)sc2c(F)ccc(-c3c4c(c5ccc(OCCO)nc5c3Cl)COC4)c12. The van der Waals surface area contributed by atoms with Crippen LogP contribution in [0.5, 0.6) is 5.88 Å². The summed E-state index contributed by atoms with van der Waals surface area (Å²) in [6.07, 6.45) is -1.36. The third-order valence-corrected chi connectivity index (χ3v) is 7.00. The van der Waals surface area contributed by atoms with Gasteiger partial charge in [0.15, 0.2) is 0 Å². The summed E-state index contributed by atoms with van der Waals surface area (Å²) < 4.78 is 26.0. The van der Waals surface area contributed by atoms with Gasteiger partial charge in [0.1, 0.15) is 23.5 Å². The molecule has 0 radical (unpaired) electrons. The van der Waals surface area contributed by atoms with Gasteiger partial charge in [-0.2, -0.15) is 5.26 Å². The smallest absolute Gasteiger partial charge is 0.409 e. The highest BCUT2D eigenvalue weighted by atomic mass is 35.5. The molecular weight excluding hydrogens is 485 g/mol. The monoisotopic (exact) mass is 499 g/mol.